The van der Waals surface area contributed by atoms with Gasteiger partial charge in [-0.25, -0.2) is 8.42 Å². The van der Waals surface area contributed by atoms with Gasteiger partial charge in [0.05, 0.1) is 18.0 Å². The molecular weight excluding hydrogens is 218 g/mol. The summed E-state index contributed by atoms with van der Waals surface area (Å²) in [6.45, 7) is 2.27. The van der Waals surface area contributed by atoms with E-state index in [1.54, 1.807) is 0 Å². The summed E-state index contributed by atoms with van der Waals surface area (Å²) in [6, 6.07) is 0. The molecule has 0 saturated carbocycles. The summed E-state index contributed by atoms with van der Waals surface area (Å²) < 4.78 is 24.7. The Morgan fingerprint density at radius 3 is 2.53 bits per heavy atom. The lowest BCUT2D eigenvalue weighted by Gasteiger charge is -2.32. The van der Waals surface area contributed by atoms with Crippen LogP contribution in [0.5, 0.6) is 0 Å². The van der Waals surface area contributed by atoms with Gasteiger partial charge in [-0.15, -0.1) is 0 Å². The molecule has 5 nitrogen and oxygen atoms in total. The lowest BCUT2D eigenvalue weighted by molar-refractivity contribution is -0.0191. The Kier molecular flexibility index (Phi) is 4.51. The SMILES string of the molecule is CCCCS(=O)(=O)N1CC[C@H](O)[C@@H](O)C1. The molecule has 6 heteroatoms. The zero-order valence-corrected chi connectivity index (χ0v) is 9.78. The van der Waals surface area contributed by atoms with Gasteiger partial charge in [0.25, 0.3) is 0 Å². The van der Waals surface area contributed by atoms with Crippen LogP contribution in [0.25, 0.3) is 0 Å². The number of aliphatic hydroxyl groups excluding tert-OH is 2. The number of unbranched alkanes of at least 4 members (excludes halogenated alkanes) is 1. The van der Waals surface area contributed by atoms with Crippen molar-refractivity contribution in [1.82, 2.24) is 4.31 Å². The highest BCUT2D eigenvalue weighted by molar-refractivity contribution is 7.89. The summed E-state index contributed by atoms with van der Waals surface area (Å²) in [7, 11) is -3.24. The number of β-amino-alcohol motifs (C(OH)–C–C–N with tert-alkyl or cyclic N) is 1. The molecule has 1 heterocycles. The van der Waals surface area contributed by atoms with Gasteiger partial charge in [0.1, 0.15) is 0 Å². The molecule has 0 unspecified atom stereocenters. The molecule has 0 aromatic heterocycles. The second-order valence-electron chi connectivity index (χ2n) is 3.95. The first-order chi connectivity index (χ1) is 6.97. The fourth-order valence-corrected chi connectivity index (χ4v) is 3.27. The zero-order chi connectivity index (χ0) is 11.5. The Hall–Kier alpha value is -0.170. The molecule has 0 amide bonds. The van der Waals surface area contributed by atoms with E-state index in [-0.39, 0.29) is 12.3 Å². The molecule has 15 heavy (non-hydrogen) atoms. The van der Waals surface area contributed by atoms with Crippen LogP contribution in [0, 0.1) is 0 Å². The topological polar surface area (TPSA) is 77.8 Å². The molecule has 0 aromatic rings. The van der Waals surface area contributed by atoms with Gasteiger partial charge in [-0.2, -0.15) is 4.31 Å². The Labute approximate surface area is 90.8 Å². The van der Waals surface area contributed by atoms with E-state index in [2.05, 4.69) is 0 Å². The van der Waals surface area contributed by atoms with Crippen molar-refractivity contribution in [2.24, 2.45) is 0 Å². The predicted octanol–water partition coefficient (Wildman–Crippen LogP) is -0.456. The van der Waals surface area contributed by atoms with E-state index in [1.807, 2.05) is 6.92 Å². The van der Waals surface area contributed by atoms with Gasteiger partial charge >= 0.3 is 0 Å². The van der Waals surface area contributed by atoms with Crippen molar-refractivity contribution >= 4 is 10.0 Å². The van der Waals surface area contributed by atoms with Crippen molar-refractivity contribution in [3.05, 3.63) is 0 Å². The molecule has 0 radical (unpaired) electrons. The minimum absolute atomic E-state index is 0.0210. The van der Waals surface area contributed by atoms with Crippen molar-refractivity contribution in [2.75, 3.05) is 18.8 Å². The van der Waals surface area contributed by atoms with Crippen LogP contribution < -0.4 is 0 Å². The van der Waals surface area contributed by atoms with Crippen molar-refractivity contribution in [3.8, 4) is 0 Å². The quantitative estimate of drug-likeness (QED) is 0.694. The fraction of sp³-hybridized carbons (Fsp3) is 1.00. The van der Waals surface area contributed by atoms with Crippen LogP contribution in [0.2, 0.25) is 0 Å². The van der Waals surface area contributed by atoms with Crippen LogP contribution in [0.15, 0.2) is 0 Å². The molecule has 1 saturated heterocycles. The van der Waals surface area contributed by atoms with Crippen LogP contribution in [0.1, 0.15) is 26.2 Å². The molecule has 2 N–H and O–H groups in total. The molecule has 2 atom stereocenters. The molecule has 1 fully saturated rings. The van der Waals surface area contributed by atoms with Crippen LogP contribution in [0.3, 0.4) is 0 Å². The van der Waals surface area contributed by atoms with Gasteiger partial charge in [0.15, 0.2) is 0 Å². The van der Waals surface area contributed by atoms with E-state index >= 15 is 0 Å². The smallest absolute Gasteiger partial charge is 0.214 e. The summed E-state index contributed by atoms with van der Waals surface area (Å²) in [5, 5.41) is 18.6. The van der Waals surface area contributed by atoms with E-state index < -0.39 is 22.2 Å². The van der Waals surface area contributed by atoms with Crippen molar-refractivity contribution < 1.29 is 18.6 Å². The number of nitrogens with zero attached hydrogens (tertiary/aromatic N) is 1. The fourth-order valence-electron chi connectivity index (χ4n) is 1.60. The maximum atomic E-state index is 11.7. The predicted molar refractivity (Wildman–Crippen MR) is 56.9 cm³/mol. The van der Waals surface area contributed by atoms with E-state index in [1.165, 1.54) is 4.31 Å². The Balaban J connectivity index is 2.57. The number of rotatable bonds is 4. The van der Waals surface area contributed by atoms with Gasteiger partial charge in [-0.1, -0.05) is 13.3 Å². The first kappa shape index (κ1) is 12.9. The normalized spacial score (nSPS) is 29.3. The third-order valence-corrected chi connectivity index (χ3v) is 4.58. The highest BCUT2D eigenvalue weighted by atomic mass is 32.2. The lowest BCUT2D eigenvalue weighted by Crippen LogP contribution is -2.49. The molecular formula is C9H19NO4S. The highest BCUT2D eigenvalue weighted by Gasteiger charge is 2.32. The minimum Gasteiger partial charge on any atom is -0.390 e. The van der Waals surface area contributed by atoms with Crippen molar-refractivity contribution in [3.63, 3.8) is 0 Å². The van der Waals surface area contributed by atoms with Crippen molar-refractivity contribution in [1.29, 1.82) is 0 Å². The van der Waals surface area contributed by atoms with Crippen molar-refractivity contribution in [2.45, 2.75) is 38.4 Å². The molecule has 0 aromatic carbocycles. The summed E-state index contributed by atoms with van der Waals surface area (Å²) in [6.07, 6.45) is 0.0418. The zero-order valence-electron chi connectivity index (χ0n) is 8.96. The van der Waals surface area contributed by atoms with E-state index in [0.717, 1.165) is 6.42 Å². The van der Waals surface area contributed by atoms with Gasteiger partial charge in [-0.3, -0.25) is 0 Å². The molecule has 0 bridgehead atoms. The van der Waals surface area contributed by atoms with Crippen LogP contribution in [-0.2, 0) is 10.0 Å². The van der Waals surface area contributed by atoms with Gasteiger partial charge in [-0.05, 0) is 12.8 Å². The Morgan fingerprint density at radius 2 is 2.00 bits per heavy atom. The van der Waals surface area contributed by atoms with Crippen LogP contribution in [0.4, 0.5) is 0 Å². The minimum atomic E-state index is -3.24. The Morgan fingerprint density at radius 1 is 1.33 bits per heavy atom. The maximum absolute atomic E-state index is 11.7. The third kappa shape index (κ3) is 3.41. The van der Waals surface area contributed by atoms with Crippen LogP contribution in [-0.4, -0.2) is 54.0 Å². The van der Waals surface area contributed by atoms with Crippen LogP contribution >= 0.6 is 0 Å². The standard InChI is InChI=1S/C9H19NO4S/c1-2-3-6-15(13,14)10-5-4-8(11)9(12)7-10/h8-9,11-12H,2-7H2,1H3/t8-,9-/m0/s1. The summed E-state index contributed by atoms with van der Waals surface area (Å²) in [5.41, 5.74) is 0. The molecule has 1 aliphatic rings. The summed E-state index contributed by atoms with van der Waals surface area (Å²) >= 11 is 0. The number of hydrogen-bond donors (Lipinski definition) is 2. The molecule has 1 aliphatic heterocycles. The monoisotopic (exact) mass is 237 g/mol. The largest absolute Gasteiger partial charge is 0.390 e. The molecule has 1 rings (SSSR count). The van der Waals surface area contributed by atoms with Gasteiger partial charge in [0.2, 0.25) is 10.0 Å². The van der Waals surface area contributed by atoms with Gasteiger partial charge in [0, 0.05) is 13.1 Å². The van der Waals surface area contributed by atoms with E-state index in [9.17, 15) is 18.6 Å². The average Bonchev–Trinajstić information content (AvgIpc) is 2.19. The molecule has 0 aliphatic carbocycles. The average molecular weight is 237 g/mol. The second kappa shape index (κ2) is 5.25. The van der Waals surface area contributed by atoms with E-state index in [4.69, 9.17) is 0 Å². The maximum Gasteiger partial charge on any atom is 0.214 e. The summed E-state index contributed by atoms with van der Waals surface area (Å²) in [5.74, 6) is 0.131. The number of piperidine rings is 1. The first-order valence-corrected chi connectivity index (χ1v) is 6.92. The number of hydrogen-bond acceptors (Lipinski definition) is 4. The second-order valence-corrected chi connectivity index (χ2v) is 6.04. The third-order valence-electron chi connectivity index (χ3n) is 2.66. The molecule has 0 spiro atoms. The van der Waals surface area contributed by atoms with Gasteiger partial charge < -0.3 is 10.2 Å². The highest BCUT2D eigenvalue weighted by Crippen LogP contribution is 2.15. The van der Waals surface area contributed by atoms with E-state index in [0.29, 0.717) is 19.4 Å². The first-order valence-electron chi connectivity index (χ1n) is 5.31. The Bertz CT molecular complexity index is 290. The molecule has 90 valence electrons. The number of aliphatic hydroxyl groups is 2. The number of sulfonamides is 1. The summed E-state index contributed by atoms with van der Waals surface area (Å²) in [4.78, 5) is 0. The lowest BCUT2D eigenvalue weighted by atomic mass is 10.1.